The number of carboxylic acid groups (broad SMARTS) is 1. The number of hydrogen-bond acceptors (Lipinski definition) is 4. The first-order valence-corrected chi connectivity index (χ1v) is 13.8. The van der Waals surface area contributed by atoms with E-state index in [2.05, 4.69) is 40.3 Å². The van der Waals surface area contributed by atoms with Gasteiger partial charge < -0.3 is 20.4 Å². The van der Waals surface area contributed by atoms with Gasteiger partial charge in [-0.15, -0.1) is 0 Å². The zero-order valence-corrected chi connectivity index (χ0v) is 22.3. The van der Waals surface area contributed by atoms with E-state index in [4.69, 9.17) is 0 Å². The lowest BCUT2D eigenvalue weighted by Gasteiger charge is -2.71. The highest BCUT2D eigenvalue weighted by molar-refractivity contribution is 5.77. The summed E-state index contributed by atoms with van der Waals surface area (Å²) in [5.74, 6) is -0.0668. The molecule has 11 atom stereocenters. The summed E-state index contributed by atoms with van der Waals surface area (Å²) in [6.07, 6.45) is 7.00. The fraction of sp³-hybridized carbons (Fsp3) is 0.833. The molecule has 5 heteroatoms. The Labute approximate surface area is 210 Å². The summed E-state index contributed by atoms with van der Waals surface area (Å²) in [5.41, 5.74) is 0.748. The molecule has 0 amide bonds. The fourth-order valence-electron chi connectivity index (χ4n) is 10.7. The van der Waals surface area contributed by atoms with Crippen LogP contribution in [-0.4, -0.2) is 45.2 Å². The van der Waals surface area contributed by atoms with E-state index in [1.165, 1.54) is 11.1 Å². The van der Waals surface area contributed by atoms with Crippen LogP contribution in [-0.2, 0) is 4.79 Å². The van der Waals surface area contributed by atoms with Crippen molar-refractivity contribution in [3.8, 4) is 0 Å². The second-order valence-corrected chi connectivity index (χ2v) is 14.1. The van der Waals surface area contributed by atoms with Crippen LogP contribution in [0.25, 0.3) is 0 Å². The van der Waals surface area contributed by atoms with Gasteiger partial charge in [-0.1, -0.05) is 58.4 Å². The van der Waals surface area contributed by atoms with Crippen LogP contribution in [0.2, 0.25) is 0 Å². The summed E-state index contributed by atoms with van der Waals surface area (Å²) in [6.45, 7) is 15.5. The Morgan fingerprint density at radius 1 is 1.09 bits per heavy atom. The Bertz CT molecular complexity index is 972. The van der Waals surface area contributed by atoms with Crippen molar-refractivity contribution in [2.24, 2.45) is 50.7 Å². The standard InChI is InChI=1S/C30H46O5/c1-17-9-12-30(25(34)35)14-13-28(5)19(23(30)18(17)2)7-8-22-26(3)15-20(32)24(33)27(4,16-31)21(26)10-11-29(22,28)6/h7,18,20-24,31-33H,1,8-16H2,2-6H3,(H,34,35)/t18-,20-,21-,22-,23-,24+,26-,27-,28-,29+,30+/m1/s1. The van der Waals surface area contributed by atoms with Crippen molar-refractivity contribution >= 4 is 5.97 Å². The average molecular weight is 487 g/mol. The molecule has 5 aliphatic carbocycles. The molecular weight excluding hydrogens is 440 g/mol. The van der Waals surface area contributed by atoms with Gasteiger partial charge >= 0.3 is 5.97 Å². The van der Waals surface area contributed by atoms with Gasteiger partial charge in [0, 0.05) is 11.3 Å². The molecule has 0 unspecified atom stereocenters. The smallest absolute Gasteiger partial charge is 0.310 e. The molecule has 5 rings (SSSR count). The Balaban J connectivity index is 1.63. The Morgan fingerprint density at radius 2 is 1.77 bits per heavy atom. The third-order valence-electron chi connectivity index (χ3n) is 13.1. The molecule has 196 valence electrons. The average Bonchev–Trinajstić information content (AvgIpc) is 2.80. The number of hydrogen-bond donors (Lipinski definition) is 4. The molecule has 0 aromatic heterocycles. The maximum absolute atomic E-state index is 12.8. The second kappa shape index (κ2) is 7.68. The van der Waals surface area contributed by atoms with Gasteiger partial charge in [0.25, 0.3) is 0 Å². The summed E-state index contributed by atoms with van der Waals surface area (Å²) >= 11 is 0. The predicted octanol–water partition coefficient (Wildman–Crippen LogP) is 4.95. The molecule has 4 fully saturated rings. The van der Waals surface area contributed by atoms with Gasteiger partial charge in [-0.25, -0.2) is 0 Å². The van der Waals surface area contributed by atoms with Crippen molar-refractivity contribution in [3.63, 3.8) is 0 Å². The Hall–Kier alpha value is -1.17. The number of fused-ring (bicyclic) bond motifs is 7. The topological polar surface area (TPSA) is 98.0 Å². The van der Waals surface area contributed by atoms with Crippen LogP contribution >= 0.6 is 0 Å². The lowest BCUT2D eigenvalue weighted by Crippen LogP contribution is -2.68. The van der Waals surface area contributed by atoms with Gasteiger partial charge in [0.15, 0.2) is 0 Å². The molecule has 35 heavy (non-hydrogen) atoms. The van der Waals surface area contributed by atoms with Gasteiger partial charge in [-0.05, 0) is 85.4 Å². The van der Waals surface area contributed by atoms with E-state index in [9.17, 15) is 25.2 Å². The summed E-state index contributed by atoms with van der Waals surface area (Å²) in [7, 11) is 0. The van der Waals surface area contributed by atoms with Crippen molar-refractivity contribution in [2.75, 3.05) is 6.61 Å². The molecule has 0 saturated heterocycles. The van der Waals surface area contributed by atoms with E-state index >= 15 is 0 Å². The van der Waals surface area contributed by atoms with Crippen LogP contribution in [0.1, 0.15) is 86.0 Å². The summed E-state index contributed by atoms with van der Waals surface area (Å²) < 4.78 is 0. The molecule has 0 aromatic rings. The van der Waals surface area contributed by atoms with Crippen molar-refractivity contribution < 1.29 is 25.2 Å². The zero-order valence-electron chi connectivity index (χ0n) is 22.3. The molecule has 4 N–H and O–H groups in total. The minimum Gasteiger partial charge on any atom is -0.481 e. The highest BCUT2D eigenvalue weighted by atomic mass is 16.4. The van der Waals surface area contributed by atoms with Crippen molar-refractivity contribution in [1.82, 2.24) is 0 Å². The molecule has 0 radical (unpaired) electrons. The lowest BCUT2D eigenvalue weighted by molar-refractivity contribution is -0.243. The number of carboxylic acids is 1. The fourth-order valence-corrected chi connectivity index (χ4v) is 10.7. The van der Waals surface area contributed by atoms with E-state index in [0.29, 0.717) is 25.2 Å². The predicted molar refractivity (Wildman–Crippen MR) is 135 cm³/mol. The van der Waals surface area contributed by atoms with Crippen LogP contribution in [0.5, 0.6) is 0 Å². The number of allylic oxidation sites excluding steroid dienone is 3. The van der Waals surface area contributed by atoms with Crippen molar-refractivity contribution in [1.29, 1.82) is 0 Å². The van der Waals surface area contributed by atoms with E-state index < -0.39 is 29.0 Å². The van der Waals surface area contributed by atoms with Crippen LogP contribution in [0.3, 0.4) is 0 Å². The lowest BCUT2D eigenvalue weighted by atomic mass is 9.33. The van der Waals surface area contributed by atoms with Crippen LogP contribution < -0.4 is 0 Å². The molecule has 0 aliphatic heterocycles. The molecular formula is C30H46O5. The first-order chi connectivity index (χ1) is 16.2. The molecule has 0 bridgehead atoms. The maximum Gasteiger partial charge on any atom is 0.310 e. The third-order valence-corrected chi connectivity index (χ3v) is 13.1. The summed E-state index contributed by atoms with van der Waals surface area (Å²) in [4.78, 5) is 12.8. The number of aliphatic hydroxyl groups excluding tert-OH is 3. The number of aliphatic carboxylic acids is 1. The first kappa shape index (κ1) is 25.5. The Kier molecular flexibility index (Phi) is 5.59. The van der Waals surface area contributed by atoms with E-state index in [1.54, 1.807) is 0 Å². The van der Waals surface area contributed by atoms with E-state index in [-0.39, 0.29) is 40.6 Å². The Morgan fingerprint density at radius 3 is 2.40 bits per heavy atom. The number of carbonyl (C=O) groups is 1. The number of rotatable bonds is 2. The van der Waals surface area contributed by atoms with Gasteiger partial charge in [-0.2, -0.15) is 0 Å². The number of aliphatic hydroxyl groups is 3. The summed E-state index contributed by atoms with van der Waals surface area (Å²) in [5, 5.41) is 42.8. The van der Waals surface area contributed by atoms with Crippen LogP contribution in [0.4, 0.5) is 0 Å². The normalized spacial score (nSPS) is 55.7. The van der Waals surface area contributed by atoms with Crippen molar-refractivity contribution in [3.05, 3.63) is 23.8 Å². The molecule has 5 aliphatic rings. The molecule has 0 heterocycles. The molecule has 0 aromatic carbocycles. The van der Waals surface area contributed by atoms with Gasteiger partial charge in [-0.3, -0.25) is 4.79 Å². The monoisotopic (exact) mass is 486 g/mol. The largest absolute Gasteiger partial charge is 0.481 e. The quantitative estimate of drug-likeness (QED) is 0.414. The second-order valence-electron chi connectivity index (χ2n) is 14.1. The van der Waals surface area contributed by atoms with Gasteiger partial charge in [0.1, 0.15) is 0 Å². The maximum atomic E-state index is 12.8. The summed E-state index contributed by atoms with van der Waals surface area (Å²) in [6, 6.07) is 0. The van der Waals surface area contributed by atoms with Gasteiger partial charge in [0.2, 0.25) is 0 Å². The minimum atomic E-state index is -0.917. The van der Waals surface area contributed by atoms with Crippen LogP contribution in [0, 0.1) is 50.7 Å². The third kappa shape index (κ3) is 2.89. The first-order valence-electron chi connectivity index (χ1n) is 13.8. The minimum absolute atomic E-state index is 0.00946. The highest BCUT2D eigenvalue weighted by Crippen LogP contribution is 2.75. The van der Waals surface area contributed by atoms with Crippen LogP contribution in [0.15, 0.2) is 23.8 Å². The molecule has 0 spiro atoms. The SMILES string of the molecule is C=C1CC[C@]2(C(=O)O)CC[C@]3(C)C(=CC[C@@H]4[C@]5(C)C[C@@H](O)[C@H](O)[C@](C)(CO)[C@@H]5CC[C@@]43C)[C@H]2[C@@H]1C. The molecule has 4 saturated carbocycles. The van der Waals surface area contributed by atoms with E-state index in [1.807, 2.05) is 6.92 Å². The van der Waals surface area contributed by atoms with Gasteiger partial charge in [0.05, 0.1) is 24.2 Å². The zero-order chi connectivity index (χ0) is 25.8. The van der Waals surface area contributed by atoms with E-state index in [0.717, 1.165) is 32.1 Å². The highest BCUT2D eigenvalue weighted by Gasteiger charge is 2.70. The van der Waals surface area contributed by atoms with Crippen molar-refractivity contribution in [2.45, 2.75) is 98.2 Å². The molecule has 5 nitrogen and oxygen atoms in total.